The van der Waals surface area contributed by atoms with Gasteiger partial charge in [0.25, 0.3) is 0 Å². The molecule has 0 saturated heterocycles. The zero-order chi connectivity index (χ0) is 29.7. The first-order valence-corrected chi connectivity index (χ1v) is 12.6. The van der Waals surface area contributed by atoms with E-state index >= 15 is 0 Å². The van der Waals surface area contributed by atoms with Crippen LogP contribution in [0.15, 0.2) is 25.0 Å². The van der Waals surface area contributed by atoms with Gasteiger partial charge in [0.05, 0.1) is 25.2 Å². The Bertz CT molecular complexity index is 1160. The van der Waals surface area contributed by atoms with Crippen LogP contribution in [-0.2, 0) is 41.6 Å². The lowest BCUT2D eigenvalue weighted by Crippen LogP contribution is -2.57. The van der Waals surface area contributed by atoms with E-state index in [9.17, 15) is 33.9 Å². The SMILES string of the molecule is N.NC(Cc1cnc[nH]1)C(=O)NC(CCC(=O)O)C(=O)NC(CS)C(=O)NCC(=O)NC(Cc1cnc[nH]1)C(=O)O. The number of amides is 4. The number of thiol groups is 1. The van der Waals surface area contributed by atoms with Gasteiger partial charge in [-0.2, -0.15) is 12.6 Å². The predicted octanol–water partition coefficient (Wildman–Crippen LogP) is -3.14. The van der Waals surface area contributed by atoms with Crippen molar-refractivity contribution in [1.29, 1.82) is 0 Å². The number of hydrogen-bond acceptors (Lipinski definition) is 11. The van der Waals surface area contributed by atoms with E-state index in [1.165, 1.54) is 25.0 Å². The number of hydrogen-bond donors (Lipinski definition) is 11. The number of aliphatic carboxylic acids is 2. The van der Waals surface area contributed by atoms with Gasteiger partial charge in [0.2, 0.25) is 23.6 Å². The Kier molecular flexibility index (Phi) is 14.5. The van der Waals surface area contributed by atoms with Gasteiger partial charge < -0.3 is 53.3 Å². The van der Waals surface area contributed by atoms with Crippen molar-refractivity contribution >= 4 is 48.2 Å². The number of nitrogens with two attached hydrogens (primary N) is 1. The highest BCUT2D eigenvalue weighted by Gasteiger charge is 2.29. The Labute approximate surface area is 239 Å². The van der Waals surface area contributed by atoms with Crippen molar-refractivity contribution in [3.8, 4) is 0 Å². The fraction of sp³-hybridized carbons (Fsp3) is 0.455. The summed E-state index contributed by atoms with van der Waals surface area (Å²) in [6, 6.07) is -4.98. The zero-order valence-electron chi connectivity index (χ0n) is 21.8. The van der Waals surface area contributed by atoms with E-state index in [1.807, 2.05) is 0 Å². The summed E-state index contributed by atoms with van der Waals surface area (Å²) in [7, 11) is 0. The van der Waals surface area contributed by atoms with Gasteiger partial charge in [-0.25, -0.2) is 14.8 Å². The number of imidazole rings is 2. The second-order valence-electron chi connectivity index (χ2n) is 8.58. The second kappa shape index (κ2) is 17.3. The first-order chi connectivity index (χ1) is 19.0. The predicted molar refractivity (Wildman–Crippen MR) is 145 cm³/mol. The van der Waals surface area contributed by atoms with Crippen molar-refractivity contribution in [2.45, 2.75) is 49.9 Å². The molecule has 2 rings (SSSR count). The third kappa shape index (κ3) is 12.1. The van der Waals surface area contributed by atoms with Crippen LogP contribution in [-0.4, -0.2) is 102 Å². The van der Waals surface area contributed by atoms with Crippen LogP contribution in [0.25, 0.3) is 0 Å². The molecule has 226 valence electrons. The number of nitrogens with one attached hydrogen (secondary N) is 6. The van der Waals surface area contributed by atoms with Gasteiger partial charge in [0.1, 0.15) is 18.1 Å². The lowest BCUT2D eigenvalue weighted by Gasteiger charge is -2.23. The number of aromatic nitrogens is 4. The number of carboxylic acids is 2. The van der Waals surface area contributed by atoms with Crippen LogP contribution < -0.4 is 33.2 Å². The summed E-state index contributed by atoms with van der Waals surface area (Å²) in [5, 5.41) is 27.7. The van der Waals surface area contributed by atoms with Crippen molar-refractivity contribution in [1.82, 2.24) is 47.4 Å². The Hall–Kier alpha value is -4.49. The molecule has 2 aromatic rings. The van der Waals surface area contributed by atoms with Crippen molar-refractivity contribution in [3.05, 3.63) is 36.4 Å². The van der Waals surface area contributed by atoms with Crippen LogP contribution in [0.5, 0.6) is 0 Å². The molecule has 4 atom stereocenters. The molecule has 0 bridgehead atoms. The molecule has 18 nitrogen and oxygen atoms in total. The molecule has 0 aromatic carbocycles. The standard InChI is InChI=1S/C22H31N9O8S.H3N/c23-13(3-11-5-24-9-27-11)19(35)30-14(1-2-18(33)34)21(37)31-16(8-40)20(36)26-7-17(32)29-15(22(38)39)4-12-6-25-10-28-12;/h5-6,9-10,13-16,40H,1-4,7-8,23H2,(H,24,27)(H,25,28)(H,26,36)(H,29,32)(H,30,35)(H,31,37)(H,33,34)(H,38,39);1H3. The highest BCUT2D eigenvalue weighted by Crippen LogP contribution is 2.03. The van der Waals surface area contributed by atoms with E-state index in [-0.39, 0.29) is 31.2 Å². The molecule has 4 amide bonds. The Morgan fingerprint density at radius 1 is 0.854 bits per heavy atom. The number of H-pyrrole nitrogens is 2. The minimum absolute atomic E-state index is 0. The molecule has 0 saturated carbocycles. The van der Waals surface area contributed by atoms with E-state index in [0.29, 0.717) is 11.4 Å². The van der Waals surface area contributed by atoms with Gasteiger partial charge in [-0.3, -0.25) is 24.0 Å². The molecule has 0 fully saturated rings. The lowest BCUT2D eigenvalue weighted by atomic mass is 10.1. The summed E-state index contributed by atoms with van der Waals surface area (Å²) in [4.78, 5) is 85.9. The summed E-state index contributed by atoms with van der Waals surface area (Å²) in [5.41, 5.74) is 6.93. The molecule has 0 radical (unpaired) electrons. The topological polar surface area (TPSA) is 309 Å². The Morgan fingerprint density at radius 3 is 1.95 bits per heavy atom. The number of nitrogens with zero attached hydrogens (tertiary/aromatic N) is 2. The third-order valence-electron chi connectivity index (χ3n) is 5.46. The largest absolute Gasteiger partial charge is 0.481 e. The van der Waals surface area contributed by atoms with Crippen LogP contribution in [0.4, 0.5) is 0 Å². The molecule has 4 unspecified atom stereocenters. The van der Waals surface area contributed by atoms with E-state index < -0.39 is 72.7 Å². The first-order valence-electron chi connectivity index (χ1n) is 11.9. The van der Waals surface area contributed by atoms with Crippen molar-refractivity contribution in [2.24, 2.45) is 5.73 Å². The normalized spacial score (nSPS) is 13.4. The van der Waals surface area contributed by atoms with Gasteiger partial charge in [-0.15, -0.1) is 0 Å². The zero-order valence-corrected chi connectivity index (χ0v) is 22.7. The highest BCUT2D eigenvalue weighted by atomic mass is 32.1. The molecule has 19 heteroatoms. The summed E-state index contributed by atoms with van der Waals surface area (Å²) in [6.45, 7) is -0.604. The minimum Gasteiger partial charge on any atom is -0.481 e. The number of carboxylic acid groups (broad SMARTS) is 2. The van der Waals surface area contributed by atoms with Crippen LogP contribution in [0.2, 0.25) is 0 Å². The highest BCUT2D eigenvalue weighted by molar-refractivity contribution is 7.80. The van der Waals surface area contributed by atoms with Gasteiger partial charge in [-0.1, -0.05) is 0 Å². The van der Waals surface area contributed by atoms with Crippen molar-refractivity contribution in [3.63, 3.8) is 0 Å². The molecule has 0 aliphatic carbocycles. The summed E-state index contributed by atoms with van der Waals surface area (Å²) in [6.07, 6.45) is 4.89. The smallest absolute Gasteiger partial charge is 0.326 e. The summed E-state index contributed by atoms with van der Waals surface area (Å²) in [5.74, 6) is -5.95. The average molecular weight is 599 g/mol. The van der Waals surface area contributed by atoms with Gasteiger partial charge in [0, 0.05) is 48.8 Å². The van der Waals surface area contributed by atoms with E-state index in [1.54, 1.807) is 0 Å². The van der Waals surface area contributed by atoms with Crippen LogP contribution in [0, 0.1) is 0 Å². The van der Waals surface area contributed by atoms with Gasteiger partial charge in [0.15, 0.2) is 0 Å². The van der Waals surface area contributed by atoms with Gasteiger partial charge in [-0.05, 0) is 6.42 Å². The fourth-order valence-electron chi connectivity index (χ4n) is 3.36. The van der Waals surface area contributed by atoms with Crippen molar-refractivity contribution in [2.75, 3.05) is 12.3 Å². The maximum Gasteiger partial charge on any atom is 0.326 e. The minimum atomic E-state index is -1.34. The van der Waals surface area contributed by atoms with Crippen LogP contribution >= 0.6 is 12.6 Å². The monoisotopic (exact) mass is 598 g/mol. The maximum atomic E-state index is 12.9. The lowest BCUT2D eigenvalue weighted by molar-refractivity contribution is -0.141. The van der Waals surface area contributed by atoms with Crippen molar-refractivity contribution < 1.29 is 39.0 Å². The molecular weight excluding hydrogens is 564 g/mol. The molecule has 0 aliphatic heterocycles. The quantitative estimate of drug-likeness (QED) is 0.0805. The number of carbonyl (C=O) groups is 6. The molecule has 13 N–H and O–H groups in total. The number of carbonyl (C=O) groups excluding carboxylic acids is 4. The Balaban J connectivity index is 0.00000840. The number of rotatable bonds is 17. The van der Waals surface area contributed by atoms with E-state index in [2.05, 4.69) is 53.8 Å². The molecule has 2 heterocycles. The molecule has 41 heavy (non-hydrogen) atoms. The molecule has 0 spiro atoms. The Morgan fingerprint density at radius 2 is 1.44 bits per heavy atom. The summed E-state index contributed by atoms with van der Waals surface area (Å²) < 4.78 is 0. The first kappa shape index (κ1) is 34.5. The second-order valence-corrected chi connectivity index (χ2v) is 8.95. The molecular formula is C22H34N10O8S. The van der Waals surface area contributed by atoms with E-state index in [4.69, 9.17) is 10.8 Å². The maximum absolute atomic E-state index is 12.9. The summed E-state index contributed by atoms with van der Waals surface area (Å²) >= 11 is 4.04. The molecule has 2 aromatic heterocycles. The molecule has 0 aliphatic rings. The van der Waals surface area contributed by atoms with Gasteiger partial charge >= 0.3 is 11.9 Å². The average Bonchev–Trinajstić information content (AvgIpc) is 3.61. The fourth-order valence-corrected chi connectivity index (χ4v) is 3.62. The third-order valence-corrected chi connectivity index (χ3v) is 5.83. The van der Waals surface area contributed by atoms with Crippen LogP contribution in [0.3, 0.4) is 0 Å². The van der Waals surface area contributed by atoms with Crippen LogP contribution in [0.1, 0.15) is 24.2 Å². The van der Waals surface area contributed by atoms with E-state index in [0.717, 1.165) is 0 Å². The number of aromatic amines is 2.